The van der Waals surface area contributed by atoms with Crippen LogP contribution in [0.4, 0.5) is 8.78 Å². The van der Waals surface area contributed by atoms with Gasteiger partial charge in [0.2, 0.25) is 0 Å². The minimum atomic E-state index is -3.00. The van der Waals surface area contributed by atoms with Gasteiger partial charge in [0.1, 0.15) is 0 Å². The summed E-state index contributed by atoms with van der Waals surface area (Å²) >= 11 is 0. The van der Waals surface area contributed by atoms with E-state index in [-0.39, 0.29) is 17.5 Å². The van der Waals surface area contributed by atoms with Crippen molar-refractivity contribution in [1.82, 2.24) is 0 Å². The molecule has 1 aliphatic heterocycles. The van der Waals surface area contributed by atoms with Gasteiger partial charge in [0, 0.05) is 11.5 Å². The minimum absolute atomic E-state index is 0.0516. The van der Waals surface area contributed by atoms with Crippen molar-refractivity contribution in [2.45, 2.75) is 32.1 Å². The number of cyclic esters (lactones) is 1. The van der Waals surface area contributed by atoms with Crippen molar-refractivity contribution < 1.29 is 18.3 Å². The third-order valence-corrected chi connectivity index (χ3v) is 4.91. The highest BCUT2D eigenvalue weighted by molar-refractivity contribution is 5.81. The normalized spacial score (nSPS) is 27.5. The zero-order valence-corrected chi connectivity index (χ0v) is 13.1. The van der Waals surface area contributed by atoms with Crippen LogP contribution in [0.3, 0.4) is 0 Å². The van der Waals surface area contributed by atoms with Gasteiger partial charge in [-0.15, -0.1) is 0 Å². The van der Waals surface area contributed by atoms with Crippen LogP contribution in [0, 0.1) is 11.3 Å². The van der Waals surface area contributed by atoms with Gasteiger partial charge in [0.05, 0.1) is 12.0 Å². The molecule has 0 spiro atoms. The van der Waals surface area contributed by atoms with Gasteiger partial charge in [0.25, 0.3) is 5.92 Å². The molecule has 23 heavy (non-hydrogen) atoms. The fourth-order valence-corrected chi connectivity index (χ4v) is 3.82. The number of carbonyl (C=O) groups excluding carboxylic acids is 1. The first-order chi connectivity index (χ1) is 10.9. The number of ether oxygens (including phenoxy) is 1. The lowest BCUT2D eigenvalue weighted by Gasteiger charge is -2.24. The number of halogens is 2. The Kier molecular flexibility index (Phi) is 3.86. The van der Waals surface area contributed by atoms with E-state index in [2.05, 4.69) is 6.58 Å². The third kappa shape index (κ3) is 2.71. The molecule has 4 heteroatoms. The van der Waals surface area contributed by atoms with E-state index in [0.717, 1.165) is 23.6 Å². The number of rotatable bonds is 4. The Bertz CT molecular complexity index is 678. The van der Waals surface area contributed by atoms with Crippen LogP contribution in [0.5, 0.6) is 0 Å². The summed E-state index contributed by atoms with van der Waals surface area (Å²) in [5.74, 6) is -3.11. The van der Waals surface area contributed by atoms with Crippen molar-refractivity contribution in [2.24, 2.45) is 11.3 Å². The average molecular weight is 318 g/mol. The van der Waals surface area contributed by atoms with Crippen LogP contribution in [0.1, 0.15) is 30.9 Å². The predicted octanol–water partition coefficient (Wildman–Crippen LogP) is 4.41. The molecule has 2 nitrogen and oxygen atoms in total. The highest BCUT2D eigenvalue weighted by Gasteiger charge is 2.55. The van der Waals surface area contributed by atoms with E-state index in [1.807, 2.05) is 0 Å². The lowest BCUT2D eigenvalue weighted by molar-refractivity contribution is -0.146. The van der Waals surface area contributed by atoms with Gasteiger partial charge in [-0.25, -0.2) is 0 Å². The van der Waals surface area contributed by atoms with Crippen LogP contribution in [-0.2, 0) is 21.9 Å². The number of allylic oxidation sites excluding steroid dienone is 3. The molecule has 1 aromatic carbocycles. The average Bonchev–Trinajstić information content (AvgIpc) is 2.95. The quantitative estimate of drug-likeness (QED) is 0.607. The van der Waals surface area contributed by atoms with Crippen molar-refractivity contribution in [3.63, 3.8) is 0 Å². The molecule has 3 rings (SSSR count). The van der Waals surface area contributed by atoms with Gasteiger partial charge in [-0.3, -0.25) is 4.79 Å². The van der Waals surface area contributed by atoms with Gasteiger partial charge in [-0.2, -0.15) is 8.78 Å². The molecule has 2 aliphatic rings. The number of carbonyl (C=O) groups is 1. The number of fused-ring (bicyclic) bond motifs is 1. The molecule has 2 atom stereocenters. The van der Waals surface area contributed by atoms with Crippen LogP contribution in [-0.4, -0.2) is 12.6 Å². The van der Waals surface area contributed by atoms with Gasteiger partial charge in [-0.1, -0.05) is 36.4 Å². The maximum absolute atomic E-state index is 14.1. The summed E-state index contributed by atoms with van der Waals surface area (Å²) in [7, 11) is 0. The Hall–Kier alpha value is -1.97. The van der Waals surface area contributed by atoms with Gasteiger partial charge < -0.3 is 4.74 Å². The Morgan fingerprint density at radius 3 is 3.00 bits per heavy atom. The molecule has 2 fully saturated rings. The SMILES string of the molecule is C=C1CC2COC(=O)C2(Cc2cccc(C(F)(F)/C=C/C)c2)C1. The van der Waals surface area contributed by atoms with Crippen molar-refractivity contribution in [2.75, 3.05) is 6.61 Å². The monoisotopic (exact) mass is 318 g/mol. The van der Waals surface area contributed by atoms with Crippen molar-refractivity contribution >= 4 is 5.97 Å². The zero-order chi connectivity index (χ0) is 16.7. The second-order valence-electron chi connectivity index (χ2n) is 6.58. The first-order valence-electron chi connectivity index (χ1n) is 7.82. The largest absolute Gasteiger partial charge is 0.465 e. The van der Waals surface area contributed by atoms with E-state index in [4.69, 9.17) is 4.74 Å². The molecular weight excluding hydrogens is 298 g/mol. The maximum atomic E-state index is 14.1. The Labute approximate surface area is 134 Å². The Morgan fingerprint density at radius 1 is 1.48 bits per heavy atom. The summed E-state index contributed by atoms with van der Waals surface area (Å²) in [6, 6.07) is 6.34. The molecule has 1 aromatic rings. The zero-order valence-electron chi connectivity index (χ0n) is 13.1. The molecule has 0 amide bonds. The van der Waals surface area contributed by atoms with Crippen LogP contribution in [0.2, 0.25) is 0 Å². The van der Waals surface area contributed by atoms with E-state index >= 15 is 0 Å². The smallest absolute Gasteiger partial charge is 0.313 e. The van der Waals surface area contributed by atoms with E-state index < -0.39 is 11.3 Å². The highest BCUT2D eigenvalue weighted by atomic mass is 19.3. The molecule has 1 saturated carbocycles. The summed E-state index contributed by atoms with van der Waals surface area (Å²) in [4.78, 5) is 12.3. The van der Waals surface area contributed by atoms with Gasteiger partial charge >= 0.3 is 5.97 Å². The summed E-state index contributed by atoms with van der Waals surface area (Å²) in [5.41, 5.74) is 1.11. The first-order valence-corrected chi connectivity index (χ1v) is 7.82. The fourth-order valence-electron chi connectivity index (χ4n) is 3.82. The van der Waals surface area contributed by atoms with Crippen LogP contribution in [0.25, 0.3) is 0 Å². The standard InChI is InChI=1S/C19H20F2O2/c1-3-7-19(20,21)15-6-4-5-14(9-15)11-18-10-13(2)8-16(18)12-23-17(18)22/h3-7,9,16H,2,8,10-12H2,1H3/b7-3+. The van der Waals surface area contributed by atoms with E-state index in [0.29, 0.717) is 19.4 Å². The molecule has 0 radical (unpaired) electrons. The second-order valence-corrected chi connectivity index (χ2v) is 6.58. The first kappa shape index (κ1) is 15.9. The molecule has 1 aliphatic carbocycles. The Morgan fingerprint density at radius 2 is 2.26 bits per heavy atom. The summed E-state index contributed by atoms with van der Waals surface area (Å²) in [5, 5.41) is 0. The number of hydrogen-bond acceptors (Lipinski definition) is 2. The molecule has 1 saturated heterocycles. The number of esters is 1. The van der Waals surface area contributed by atoms with Gasteiger partial charge in [0.15, 0.2) is 0 Å². The molecule has 2 unspecified atom stereocenters. The van der Waals surface area contributed by atoms with E-state index in [9.17, 15) is 13.6 Å². The van der Waals surface area contributed by atoms with Crippen molar-refractivity contribution in [3.8, 4) is 0 Å². The van der Waals surface area contributed by atoms with Crippen LogP contribution >= 0.6 is 0 Å². The molecule has 0 aromatic heterocycles. The van der Waals surface area contributed by atoms with Crippen molar-refractivity contribution in [3.05, 3.63) is 59.7 Å². The lowest BCUT2D eigenvalue weighted by Crippen LogP contribution is -2.31. The van der Waals surface area contributed by atoms with Crippen LogP contribution in [0.15, 0.2) is 48.6 Å². The van der Waals surface area contributed by atoms with Crippen LogP contribution < -0.4 is 0 Å². The summed E-state index contributed by atoms with van der Waals surface area (Å²) < 4.78 is 33.4. The summed E-state index contributed by atoms with van der Waals surface area (Å²) in [6.45, 7) is 5.98. The molecule has 0 bridgehead atoms. The third-order valence-electron chi connectivity index (χ3n) is 4.91. The lowest BCUT2D eigenvalue weighted by atomic mass is 9.75. The number of hydrogen-bond donors (Lipinski definition) is 0. The number of alkyl halides is 2. The molecule has 122 valence electrons. The predicted molar refractivity (Wildman–Crippen MR) is 84.1 cm³/mol. The summed E-state index contributed by atoms with van der Waals surface area (Å²) in [6.07, 6.45) is 4.02. The second kappa shape index (κ2) is 5.59. The fraction of sp³-hybridized carbons (Fsp3) is 0.421. The highest BCUT2D eigenvalue weighted by Crippen LogP contribution is 2.52. The topological polar surface area (TPSA) is 26.3 Å². The maximum Gasteiger partial charge on any atom is 0.313 e. The van der Waals surface area contributed by atoms with Gasteiger partial charge in [-0.05, 0) is 43.9 Å². The Balaban J connectivity index is 1.91. The minimum Gasteiger partial charge on any atom is -0.465 e. The number of benzene rings is 1. The van der Waals surface area contributed by atoms with E-state index in [1.165, 1.54) is 18.2 Å². The molecule has 0 N–H and O–H groups in total. The molecular formula is C19H20F2O2. The van der Waals surface area contributed by atoms with Crippen molar-refractivity contribution in [1.29, 1.82) is 0 Å². The molecule has 1 heterocycles. The van der Waals surface area contributed by atoms with E-state index in [1.54, 1.807) is 19.1 Å².